The van der Waals surface area contributed by atoms with Crippen LogP contribution in [-0.4, -0.2) is 39.9 Å². The first-order valence-corrected chi connectivity index (χ1v) is 6.39. The molecule has 2 aromatic rings. The van der Waals surface area contributed by atoms with E-state index in [9.17, 15) is 0 Å². The highest BCUT2D eigenvalue weighted by atomic mass is 16.5. The molecule has 6 nitrogen and oxygen atoms in total. The summed E-state index contributed by atoms with van der Waals surface area (Å²) < 4.78 is 5.83. The van der Waals surface area contributed by atoms with Gasteiger partial charge in [-0.3, -0.25) is 5.10 Å². The summed E-state index contributed by atoms with van der Waals surface area (Å²) in [6.45, 7) is 6.32. The minimum Gasteiger partial charge on any atom is -0.368 e. The Morgan fingerprint density at radius 3 is 3.00 bits per heavy atom. The first-order valence-electron chi connectivity index (χ1n) is 6.39. The Labute approximate surface area is 111 Å². The third-order valence-corrected chi connectivity index (χ3v) is 3.37. The fourth-order valence-corrected chi connectivity index (χ4v) is 2.33. The van der Waals surface area contributed by atoms with Crippen LogP contribution in [0, 0.1) is 13.8 Å². The molecular weight excluding hydrogens is 242 g/mol. The summed E-state index contributed by atoms with van der Waals surface area (Å²) >= 11 is 0. The molecule has 1 atom stereocenters. The van der Waals surface area contributed by atoms with Crippen molar-refractivity contribution in [2.24, 2.45) is 0 Å². The number of hydrogen-bond acceptors (Lipinski definition) is 5. The average molecular weight is 259 g/mol. The van der Waals surface area contributed by atoms with Crippen molar-refractivity contribution in [3.05, 3.63) is 35.5 Å². The molecule has 1 aliphatic rings. The second-order valence-electron chi connectivity index (χ2n) is 4.79. The van der Waals surface area contributed by atoms with Gasteiger partial charge in [-0.1, -0.05) is 0 Å². The molecule has 1 unspecified atom stereocenters. The molecule has 2 aromatic heterocycles. The Balaban J connectivity index is 1.80. The summed E-state index contributed by atoms with van der Waals surface area (Å²) in [4.78, 5) is 10.7. The van der Waals surface area contributed by atoms with Crippen molar-refractivity contribution in [1.29, 1.82) is 0 Å². The molecule has 3 rings (SSSR count). The summed E-state index contributed by atoms with van der Waals surface area (Å²) in [5.74, 6) is 0.956. The molecule has 6 heteroatoms. The molecule has 100 valence electrons. The number of hydrogen-bond donors (Lipinski definition) is 1. The van der Waals surface area contributed by atoms with Gasteiger partial charge in [0.05, 0.1) is 25.0 Å². The van der Waals surface area contributed by atoms with Crippen LogP contribution in [0.1, 0.15) is 23.1 Å². The van der Waals surface area contributed by atoms with Crippen LogP contribution in [0.25, 0.3) is 0 Å². The van der Waals surface area contributed by atoms with Crippen LogP contribution >= 0.6 is 0 Å². The zero-order chi connectivity index (χ0) is 13.2. The van der Waals surface area contributed by atoms with Gasteiger partial charge in [-0.2, -0.15) is 5.10 Å². The maximum atomic E-state index is 5.83. The zero-order valence-corrected chi connectivity index (χ0v) is 11.1. The molecule has 1 aliphatic heterocycles. The smallest absolute Gasteiger partial charge is 0.132 e. The van der Waals surface area contributed by atoms with E-state index < -0.39 is 0 Å². The lowest BCUT2D eigenvalue weighted by molar-refractivity contribution is 0.0363. The summed E-state index contributed by atoms with van der Waals surface area (Å²) in [6, 6.07) is 2.00. The van der Waals surface area contributed by atoms with Crippen LogP contribution in [0.15, 0.2) is 18.6 Å². The van der Waals surface area contributed by atoms with Crippen molar-refractivity contribution in [1.82, 2.24) is 20.2 Å². The number of ether oxygens (including phenoxy) is 1. The maximum absolute atomic E-state index is 5.83. The number of aromatic nitrogens is 4. The number of anilines is 1. The minimum absolute atomic E-state index is 0.0199. The van der Waals surface area contributed by atoms with Crippen LogP contribution in [0.2, 0.25) is 0 Å². The Morgan fingerprint density at radius 2 is 2.26 bits per heavy atom. The number of aryl methyl sites for hydroxylation is 2. The summed E-state index contributed by atoms with van der Waals surface area (Å²) in [6.07, 6.45) is 3.45. The molecule has 1 saturated heterocycles. The van der Waals surface area contributed by atoms with Gasteiger partial charge in [0.2, 0.25) is 0 Å². The third kappa shape index (κ3) is 2.44. The van der Waals surface area contributed by atoms with E-state index in [-0.39, 0.29) is 6.10 Å². The Hall–Kier alpha value is -1.95. The molecule has 0 bridgehead atoms. The molecule has 1 N–H and O–H groups in total. The van der Waals surface area contributed by atoms with E-state index >= 15 is 0 Å². The lowest BCUT2D eigenvalue weighted by Gasteiger charge is -2.33. The lowest BCUT2D eigenvalue weighted by Crippen LogP contribution is -2.39. The first-order chi connectivity index (χ1) is 9.24. The highest BCUT2D eigenvalue weighted by molar-refractivity contribution is 5.40. The van der Waals surface area contributed by atoms with Gasteiger partial charge >= 0.3 is 0 Å². The minimum atomic E-state index is 0.0199. The molecule has 1 fully saturated rings. The van der Waals surface area contributed by atoms with Gasteiger partial charge in [0.25, 0.3) is 0 Å². The molecule has 19 heavy (non-hydrogen) atoms. The van der Waals surface area contributed by atoms with Gasteiger partial charge < -0.3 is 9.64 Å². The highest BCUT2D eigenvalue weighted by Gasteiger charge is 2.25. The SMILES string of the molecule is Cc1cc(N2CCOC(c3[nH]ncc3C)C2)ncn1. The van der Waals surface area contributed by atoms with E-state index in [1.54, 1.807) is 6.33 Å². The first kappa shape index (κ1) is 12.1. The van der Waals surface area contributed by atoms with E-state index in [0.29, 0.717) is 6.61 Å². The summed E-state index contributed by atoms with van der Waals surface area (Å²) in [5, 5.41) is 7.08. The molecule has 0 radical (unpaired) electrons. The Kier molecular flexibility index (Phi) is 3.16. The van der Waals surface area contributed by atoms with E-state index in [4.69, 9.17) is 4.74 Å². The van der Waals surface area contributed by atoms with Crippen molar-refractivity contribution in [3.8, 4) is 0 Å². The number of nitrogens with one attached hydrogen (secondary N) is 1. The zero-order valence-electron chi connectivity index (χ0n) is 11.1. The summed E-state index contributed by atoms with van der Waals surface area (Å²) in [5.41, 5.74) is 3.16. The second-order valence-corrected chi connectivity index (χ2v) is 4.79. The number of morpholine rings is 1. The largest absolute Gasteiger partial charge is 0.368 e. The van der Waals surface area contributed by atoms with Crippen molar-refractivity contribution in [2.45, 2.75) is 20.0 Å². The van der Waals surface area contributed by atoms with Gasteiger partial charge in [0.1, 0.15) is 18.2 Å². The fraction of sp³-hybridized carbons (Fsp3) is 0.462. The molecule has 3 heterocycles. The van der Waals surface area contributed by atoms with Crippen LogP contribution < -0.4 is 4.90 Å². The molecule has 0 saturated carbocycles. The highest BCUT2D eigenvalue weighted by Crippen LogP contribution is 2.25. The lowest BCUT2D eigenvalue weighted by atomic mass is 10.1. The van der Waals surface area contributed by atoms with Crippen molar-refractivity contribution in [2.75, 3.05) is 24.6 Å². The van der Waals surface area contributed by atoms with E-state index in [1.165, 1.54) is 0 Å². The second kappa shape index (κ2) is 4.97. The predicted molar refractivity (Wildman–Crippen MR) is 71.0 cm³/mol. The number of rotatable bonds is 2. The van der Waals surface area contributed by atoms with Gasteiger partial charge in [-0.15, -0.1) is 0 Å². The van der Waals surface area contributed by atoms with Crippen LogP contribution in [0.5, 0.6) is 0 Å². The van der Waals surface area contributed by atoms with Gasteiger partial charge in [-0.05, 0) is 19.4 Å². The third-order valence-electron chi connectivity index (χ3n) is 3.37. The standard InChI is InChI=1S/C13H17N5O/c1-9-6-16-17-13(9)11-7-18(3-4-19-11)12-5-10(2)14-8-15-12/h5-6,8,11H,3-4,7H2,1-2H3,(H,16,17). The maximum Gasteiger partial charge on any atom is 0.132 e. The topological polar surface area (TPSA) is 66.9 Å². The van der Waals surface area contributed by atoms with Crippen LogP contribution in [0.4, 0.5) is 5.82 Å². The number of aromatic amines is 1. The molecule has 0 amide bonds. The molecule has 0 aliphatic carbocycles. The molecule has 0 aromatic carbocycles. The average Bonchev–Trinajstić information content (AvgIpc) is 2.85. The summed E-state index contributed by atoms with van der Waals surface area (Å²) in [7, 11) is 0. The van der Waals surface area contributed by atoms with Crippen molar-refractivity contribution < 1.29 is 4.74 Å². The number of nitrogens with zero attached hydrogens (tertiary/aromatic N) is 4. The van der Waals surface area contributed by atoms with E-state index in [1.807, 2.05) is 26.1 Å². The van der Waals surface area contributed by atoms with Gasteiger partial charge in [-0.25, -0.2) is 9.97 Å². The molecule has 0 spiro atoms. The van der Waals surface area contributed by atoms with Crippen molar-refractivity contribution in [3.63, 3.8) is 0 Å². The normalized spacial score (nSPS) is 19.7. The number of H-pyrrole nitrogens is 1. The van der Waals surface area contributed by atoms with Crippen LogP contribution in [0.3, 0.4) is 0 Å². The Bertz CT molecular complexity index is 568. The quantitative estimate of drug-likeness (QED) is 0.883. The van der Waals surface area contributed by atoms with Gasteiger partial charge in [0, 0.05) is 18.3 Å². The van der Waals surface area contributed by atoms with Crippen LogP contribution in [-0.2, 0) is 4.74 Å². The fourth-order valence-electron chi connectivity index (χ4n) is 2.33. The van der Waals surface area contributed by atoms with E-state index in [2.05, 4.69) is 25.1 Å². The monoisotopic (exact) mass is 259 g/mol. The van der Waals surface area contributed by atoms with Gasteiger partial charge in [0.15, 0.2) is 0 Å². The Morgan fingerprint density at radius 1 is 1.37 bits per heavy atom. The van der Waals surface area contributed by atoms with Crippen molar-refractivity contribution >= 4 is 5.82 Å². The predicted octanol–water partition coefficient (Wildman–Crippen LogP) is 1.39. The van der Waals surface area contributed by atoms with E-state index in [0.717, 1.165) is 35.9 Å². The molecular formula is C13H17N5O.